The Kier molecular flexibility index (Phi) is 4.80. The van der Waals surface area contributed by atoms with Crippen LogP contribution < -0.4 is 4.90 Å². The number of piperazine rings is 1. The monoisotopic (exact) mass is 401 g/mol. The number of pyridine rings is 1. The fourth-order valence-electron chi connectivity index (χ4n) is 3.26. The molecule has 2 aromatic carbocycles. The Labute approximate surface area is 164 Å². The van der Waals surface area contributed by atoms with Crippen LogP contribution in [0, 0.1) is 0 Å². The summed E-state index contributed by atoms with van der Waals surface area (Å²) in [6.45, 7) is 3.94. The van der Waals surface area contributed by atoms with Gasteiger partial charge in [-0.2, -0.15) is 0 Å². The third-order valence-corrected chi connectivity index (χ3v) is 6.93. The molecule has 0 saturated carbocycles. The highest BCUT2D eigenvalue weighted by atomic mass is 35.5. The third-order valence-electron chi connectivity index (χ3n) is 4.94. The van der Waals surface area contributed by atoms with Crippen molar-refractivity contribution in [1.82, 2.24) is 9.88 Å². The highest BCUT2D eigenvalue weighted by molar-refractivity contribution is 7.91. The zero-order chi connectivity index (χ0) is 19.0. The van der Waals surface area contributed by atoms with E-state index in [4.69, 9.17) is 11.6 Å². The van der Waals surface area contributed by atoms with Gasteiger partial charge in [-0.3, -0.25) is 4.98 Å². The number of halogens is 1. The fourth-order valence-corrected chi connectivity index (χ4v) is 4.62. The van der Waals surface area contributed by atoms with Crippen molar-refractivity contribution >= 4 is 38.0 Å². The molecule has 1 saturated heterocycles. The average molecular weight is 402 g/mol. The van der Waals surface area contributed by atoms with Crippen molar-refractivity contribution in [2.24, 2.45) is 0 Å². The molecule has 0 unspecified atom stereocenters. The molecule has 1 aromatic heterocycles. The second-order valence-corrected chi connectivity index (χ2v) is 9.18. The maximum Gasteiger partial charge on any atom is 0.208 e. The zero-order valence-electron chi connectivity index (χ0n) is 15.0. The summed E-state index contributed by atoms with van der Waals surface area (Å²) in [6.07, 6.45) is 1.42. The lowest BCUT2D eigenvalue weighted by Gasteiger charge is -2.34. The highest BCUT2D eigenvalue weighted by Crippen LogP contribution is 2.27. The van der Waals surface area contributed by atoms with Gasteiger partial charge in [-0.25, -0.2) is 8.42 Å². The maximum absolute atomic E-state index is 12.9. The smallest absolute Gasteiger partial charge is 0.208 e. The van der Waals surface area contributed by atoms with Crippen LogP contribution in [0.4, 0.5) is 5.69 Å². The number of hydrogen-bond acceptors (Lipinski definition) is 5. The van der Waals surface area contributed by atoms with Crippen LogP contribution in [-0.2, 0) is 9.84 Å². The Morgan fingerprint density at radius 2 is 1.63 bits per heavy atom. The van der Waals surface area contributed by atoms with Crippen molar-refractivity contribution in [1.29, 1.82) is 0 Å². The molecule has 27 heavy (non-hydrogen) atoms. The maximum atomic E-state index is 12.9. The summed E-state index contributed by atoms with van der Waals surface area (Å²) < 4.78 is 25.8. The number of rotatable bonds is 3. The zero-order valence-corrected chi connectivity index (χ0v) is 16.5. The lowest BCUT2D eigenvalue weighted by Crippen LogP contribution is -2.44. The predicted octanol–water partition coefficient (Wildman–Crippen LogP) is 3.47. The number of hydrogen-bond donors (Lipinski definition) is 0. The number of fused-ring (bicyclic) bond motifs is 1. The summed E-state index contributed by atoms with van der Waals surface area (Å²) in [5, 5.41) is 1.32. The van der Waals surface area contributed by atoms with E-state index in [-0.39, 0.29) is 9.79 Å². The molecule has 1 fully saturated rings. The first kappa shape index (κ1) is 18.2. The molecular weight excluding hydrogens is 382 g/mol. The minimum atomic E-state index is -3.63. The minimum absolute atomic E-state index is 0.188. The number of nitrogens with zero attached hydrogens (tertiary/aromatic N) is 3. The highest BCUT2D eigenvalue weighted by Gasteiger charge is 2.19. The first-order valence-corrected chi connectivity index (χ1v) is 10.6. The van der Waals surface area contributed by atoms with Gasteiger partial charge in [-0.1, -0.05) is 11.6 Å². The molecule has 140 valence electrons. The molecule has 3 aromatic rings. The van der Waals surface area contributed by atoms with E-state index in [1.807, 2.05) is 18.2 Å². The van der Waals surface area contributed by atoms with Gasteiger partial charge in [-0.05, 0) is 55.6 Å². The van der Waals surface area contributed by atoms with Crippen molar-refractivity contribution < 1.29 is 8.42 Å². The van der Waals surface area contributed by atoms with Gasteiger partial charge in [0.15, 0.2) is 0 Å². The van der Waals surface area contributed by atoms with Gasteiger partial charge in [0.05, 0.1) is 15.3 Å². The molecule has 4 rings (SSSR count). The Morgan fingerprint density at radius 1 is 0.926 bits per heavy atom. The first-order chi connectivity index (χ1) is 12.9. The standard InChI is InChI=1S/C20H20ClN3O2S/c1-23-8-10-24(11-9-23)17-4-7-20-15(12-17)13-19(14-22-20)27(25,26)18-5-2-16(21)3-6-18/h2-7,12-14H,8-11H2,1H3. The van der Waals surface area contributed by atoms with E-state index in [1.54, 1.807) is 18.2 Å². The van der Waals surface area contributed by atoms with Gasteiger partial charge in [0.2, 0.25) is 9.84 Å². The largest absolute Gasteiger partial charge is 0.369 e. The van der Waals surface area contributed by atoms with E-state index < -0.39 is 9.84 Å². The van der Waals surface area contributed by atoms with Crippen molar-refractivity contribution in [2.45, 2.75) is 9.79 Å². The van der Waals surface area contributed by atoms with Crippen LogP contribution in [0.3, 0.4) is 0 Å². The Balaban J connectivity index is 1.71. The van der Waals surface area contributed by atoms with Crippen molar-refractivity contribution in [3.05, 3.63) is 59.8 Å². The normalized spacial score (nSPS) is 16.0. The number of sulfone groups is 1. The van der Waals surface area contributed by atoms with E-state index in [0.29, 0.717) is 5.02 Å². The average Bonchev–Trinajstić information content (AvgIpc) is 2.68. The van der Waals surface area contributed by atoms with Gasteiger partial charge < -0.3 is 9.80 Å². The van der Waals surface area contributed by atoms with Crippen LogP contribution in [0.5, 0.6) is 0 Å². The molecule has 1 aliphatic rings. The van der Waals surface area contributed by atoms with Crippen LogP contribution in [-0.4, -0.2) is 51.5 Å². The second-order valence-electron chi connectivity index (χ2n) is 6.80. The molecule has 7 heteroatoms. The van der Waals surface area contributed by atoms with E-state index in [2.05, 4.69) is 21.8 Å². The van der Waals surface area contributed by atoms with Crippen LogP contribution in [0.2, 0.25) is 5.02 Å². The lowest BCUT2D eigenvalue weighted by molar-refractivity contribution is 0.313. The van der Waals surface area contributed by atoms with E-state index in [0.717, 1.165) is 42.8 Å². The molecule has 1 aliphatic heterocycles. The van der Waals surface area contributed by atoms with Gasteiger partial charge >= 0.3 is 0 Å². The van der Waals surface area contributed by atoms with E-state index in [9.17, 15) is 8.42 Å². The number of aromatic nitrogens is 1. The van der Waals surface area contributed by atoms with Crippen LogP contribution in [0.25, 0.3) is 10.9 Å². The third kappa shape index (κ3) is 3.65. The van der Waals surface area contributed by atoms with Gasteiger partial charge in [0, 0.05) is 48.5 Å². The summed E-state index contributed by atoms with van der Waals surface area (Å²) in [5.41, 5.74) is 1.88. The quantitative estimate of drug-likeness (QED) is 0.672. The van der Waals surface area contributed by atoms with Crippen molar-refractivity contribution in [3.8, 4) is 0 Å². The summed E-state index contributed by atoms with van der Waals surface area (Å²) in [6, 6.07) is 13.9. The Morgan fingerprint density at radius 3 is 2.33 bits per heavy atom. The number of anilines is 1. The molecule has 0 spiro atoms. The van der Waals surface area contributed by atoms with Crippen LogP contribution >= 0.6 is 11.6 Å². The van der Waals surface area contributed by atoms with E-state index in [1.165, 1.54) is 18.3 Å². The fraction of sp³-hybridized carbons (Fsp3) is 0.250. The molecule has 5 nitrogen and oxygen atoms in total. The number of likely N-dealkylation sites (N-methyl/N-ethyl adjacent to an activating group) is 1. The topological polar surface area (TPSA) is 53.5 Å². The van der Waals surface area contributed by atoms with Crippen LogP contribution in [0.1, 0.15) is 0 Å². The van der Waals surface area contributed by atoms with Crippen LogP contribution in [0.15, 0.2) is 64.5 Å². The van der Waals surface area contributed by atoms with Gasteiger partial charge in [0.1, 0.15) is 0 Å². The van der Waals surface area contributed by atoms with Crippen molar-refractivity contribution in [3.63, 3.8) is 0 Å². The summed E-state index contributed by atoms with van der Waals surface area (Å²) in [7, 11) is -1.51. The molecule has 0 aliphatic carbocycles. The first-order valence-electron chi connectivity index (χ1n) is 8.77. The summed E-state index contributed by atoms with van der Waals surface area (Å²) in [4.78, 5) is 9.38. The van der Waals surface area contributed by atoms with Gasteiger partial charge in [-0.15, -0.1) is 0 Å². The summed E-state index contributed by atoms with van der Waals surface area (Å²) in [5.74, 6) is 0. The lowest BCUT2D eigenvalue weighted by atomic mass is 10.1. The molecule has 2 heterocycles. The summed E-state index contributed by atoms with van der Waals surface area (Å²) >= 11 is 5.87. The van der Waals surface area contributed by atoms with Crippen molar-refractivity contribution in [2.75, 3.05) is 38.1 Å². The molecule has 0 bridgehead atoms. The van der Waals surface area contributed by atoms with Gasteiger partial charge in [0.25, 0.3) is 0 Å². The minimum Gasteiger partial charge on any atom is -0.369 e. The Bertz CT molecular complexity index is 1080. The number of benzene rings is 2. The molecule has 0 amide bonds. The molecule has 0 radical (unpaired) electrons. The molecule has 0 atom stereocenters. The predicted molar refractivity (Wildman–Crippen MR) is 108 cm³/mol. The Hall–Kier alpha value is -2.15. The molecule has 0 N–H and O–H groups in total. The SMILES string of the molecule is CN1CCN(c2ccc3ncc(S(=O)(=O)c4ccc(Cl)cc4)cc3c2)CC1. The second kappa shape index (κ2) is 7.11. The van der Waals surface area contributed by atoms with E-state index >= 15 is 0 Å². The molecular formula is C20H20ClN3O2S.